The molecule has 1 aliphatic heterocycles. The third kappa shape index (κ3) is 4.19. The van der Waals surface area contributed by atoms with Gasteiger partial charge in [0.25, 0.3) is 0 Å². The van der Waals surface area contributed by atoms with Crippen LogP contribution in [-0.2, 0) is 16.1 Å². The topological polar surface area (TPSA) is 87.7 Å². The van der Waals surface area contributed by atoms with Gasteiger partial charge < -0.3 is 20.5 Å². The molecule has 1 amide bonds. The third-order valence-corrected chi connectivity index (χ3v) is 3.80. The van der Waals surface area contributed by atoms with Crippen LogP contribution in [0, 0.1) is 5.92 Å². The van der Waals surface area contributed by atoms with Crippen molar-refractivity contribution in [1.82, 2.24) is 10.6 Å². The summed E-state index contributed by atoms with van der Waals surface area (Å²) in [7, 11) is 0. The lowest BCUT2D eigenvalue weighted by molar-refractivity contribution is -0.139. The predicted molar refractivity (Wildman–Crippen MR) is 76.8 cm³/mol. The van der Waals surface area contributed by atoms with E-state index in [0.717, 1.165) is 5.56 Å². The fraction of sp³-hybridized carbons (Fsp3) is 0.467. The molecule has 1 atom stereocenters. The van der Waals surface area contributed by atoms with Crippen LogP contribution in [0.3, 0.4) is 0 Å². The number of benzene rings is 1. The average Bonchev–Trinajstić information content (AvgIpc) is 2.34. The Morgan fingerprint density at radius 3 is 2.57 bits per heavy atom. The first-order valence-electron chi connectivity index (χ1n) is 6.91. The number of carbonyl (C=O) groups is 2. The van der Waals surface area contributed by atoms with Crippen LogP contribution in [0.1, 0.15) is 18.9 Å². The van der Waals surface area contributed by atoms with E-state index >= 15 is 0 Å². The molecule has 6 heteroatoms. The highest BCUT2D eigenvalue weighted by atomic mass is 16.5. The molecule has 0 bridgehead atoms. The number of nitrogens with one attached hydrogen (secondary N) is 2. The van der Waals surface area contributed by atoms with Crippen molar-refractivity contribution in [3.63, 3.8) is 0 Å². The molecule has 1 heterocycles. The van der Waals surface area contributed by atoms with Gasteiger partial charge >= 0.3 is 12.1 Å². The molecular weight excluding hydrogens is 272 g/mol. The van der Waals surface area contributed by atoms with Crippen LogP contribution >= 0.6 is 0 Å². The van der Waals surface area contributed by atoms with Crippen molar-refractivity contribution in [2.45, 2.75) is 25.5 Å². The summed E-state index contributed by atoms with van der Waals surface area (Å²) in [6.07, 6.45) is -0.714. The van der Waals surface area contributed by atoms with Crippen molar-refractivity contribution in [1.29, 1.82) is 0 Å². The van der Waals surface area contributed by atoms with E-state index in [-0.39, 0.29) is 18.9 Å². The maximum absolute atomic E-state index is 11.9. The summed E-state index contributed by atoms with van der Waals surface area (Å²) in [6.45, 7) is 3.31. The van der Waals surface area contributed by atoms with E-state index in [9.17, 15) is 9.59 Å². The summed E-state index contributed by atoms with van der Waals surface area (Å²) >= 11 is 0. The minimum absolute atomic E-state index is 0.0953. The fourth-order valence-electron chi connectivity index (χ4n) is 2.34. The van der Waals surface area contributed by atoms with Crippen LogP contribution in [0.25, 0.3) is 0 Å². The Hall–Kier alpha value is -2.08. The van der Waals surface area contributed by atoms with E-state index in [1.807, 2.05) is 30.3 Å². The number of ether oxygens (including phenoxy) is 1. The van der Waals surface area contributed by atoms with Gasteiger partial charge in [-0.05, 0) is 12.5 Å². The summed E-state index contributed by atoms with van der Waals surface area (Å²) in [5.74, 6) is -0.842. The lowest BCUT2D eigenvalue weighted by Gasteiger charge is -2.42. The molecule has 1 saturated heterocycles. The maximum Gasteiger partial charge on any atom is 0.407 e. The molecule has 1 fully saturated rings. The Morgan fingerprint density at radius 1 is 1.38 bits per heavy atom. The van der Waals surface area contributed by atoms with Crippen LogP contribution in [0.2, 0.25) is 0 Å². The molecule has 6 nitrogen and oxygen atoms in total. The van der Waals surface area contributed by atoms with Crippen LogP contribution in [0.15, 0.2) is 30.3 Å². The maximum atomic E-state index is 11.9. The molecule has 0 saturated carbocycles. The van der Waals surface area contributed by atoms with Gasteiger partial charge in [0.05, 0.1) is 12.0 Å². The van der Waals surface area contributed by atoms with E-state index in [0.29, 0.717) is 13.1 Å². The molecule has 1 aromatic rings. The second-order valence-electron chi connectivity index (χ2n) is 5.53. The second-order valence-corrected chi connectivity index (χ2v) is 5.53. The molecule has 114 valence electrons. The number of aliphatic carboxylic acids is 1. The number of carbonyl (C=O) groups excluding carboxylic acids is 1. The Bertz CT molecular complexity index is 502. The van der Waals surface area contributed by atoms with E-state index < -0.39 is 17.6 Å². The normalized spacial score (nSPS) is 17.4. The van der Waals surface area contributed by atoms with Crippen molar-refractivity contribution < 1.29 is 19.4 Å². The smallest absolute Gasteiger partial charge is 0.407 e. The predicted octanol–water partition coefficient (Wildman–Crippen LogP) is 1.37. The fourth-order valence-corrected chi connectivity index (χ4v) is 2.34. The lowest BCUT2D eigenvalue weighted by Crippen LogP contribution is -2.62. The Morgan fingerprint density at radius 2 is 2.05 bits per heavy atom. The molecular formula is C15H20N2O4. The summed E-state index contributed by atoms with van der Waals surface area (Å²) in [5.41, 5.74) is 0.0862. The summed E-state index contributed by atoms with van der Waals surface area (Å²) in [5, 5.41) is 14.8. The largest absolute Gasteiger partial charge is 0.481 e. The third-order valence-electron chi connectivity index (χ3n) is 3.80. The second kappa shape index (κ2) is 6.58. The van der Waals surface area contributed by atoms with Crippen molar-refractivity contribution in [2.75, 3.05) is 13.1 Å². The van der Waals surface area contributed by atoms with Gasteiger partial charge in [-0.3, -0.25) is 4.79 Å². The number of amides is 1. The van der Waals surface area contributed by atoms with Gasteiger partial charge in [0.15, 0.2) is 0 Å². The summed E-state index contributed by atoms with van der Waals surface area (Å²) < 4.78 is 5.16. The molecule has 0 aromatic heterocycles. The van der Waals surface area contributed by atoms with Crippen molar-refractivity contribution in [3.8, 4) is 0 Å². The molecule has 21 heavy (non-hydrogen) atoms. The van der Waals surface area contributed by atoms with Crippen molar-refractivity contribution in [2.24, 2.45) is 5.92 Å². The monoisotopic (exact) mass is 292 g/mol. The zero-order chi connectivity index (χ0) is 15.3. The Balaban J connectivity index is 1.90. The van der Waals surface area contributed by atoms with E-state index in [2.05, 4.69) is 10.6 Å². The van der Waals surface area contributed by atoms with Crippen molar-refractivity contribution in [3.05, 3.63) is 35.9 Å². The first-order valence-corrected chi connectivity index (χ1v) is 6.91. The molecule has 0 spiro atoms. The molecule has 0 aliphatic carbocycles. The minimum atomic E-state index is -0.937. The van der Waals surface area contributed by atoms with Crippen molar-refractivity contribution >= 4 is 12.1 Å². The lowest BCUT2D eigenvalue weighted by atomic mass is 9.79. The summed E-state index contributed by atoms with van der Waals surface area (Å²) in [4.78, 5) is 22.9. The minimum Gasteiger partial charge on any atom is -0.481 e. The number of carboxylic acids is 1. The zero-order valence-corrected chi connectivity index (χ0v) is 12.0. The molecule has 1 aliphatic rings. The Labute approximate surface area is 123 Å². The number of carboxylic acid groups (broad SMARTS) is 1. The molecule has 1 unspecified atom stereocenters. The standard InChI is InChI=1S/C15H20N2O4/c1-15(7-13(18)19,12-8-16-9-12)17-14(20)21-10-11-5-3-2-4-6-11/h2-6,12,16H,7-10H2,1H3,(H,17,20)(H,18,19). The van der Waals surface area contributed by atoms with E-state index in [1.54, 1.807) is 6.92 Å². The van der Waals surface area contributed by atoms with Crippen LogP contribution in [0.5, 0.6) is 0 Å². The molecule has 0 radical (unpaired) electrons. The highest BCUT2D eigenvalue weighted by Gasteiger charge is 2.41. The highest BCUT2D eigenvalue weighted by molar-refractivity contribution is 5.72. The SMILES string of the molecule is CC(CC(=O)O)(NC(=O)OCc1ccccc1)C1CNC1. The van der Waals surface area contributed by atoms with Gasteiger partial charge in [-0.1, -0.05) is 30.3 Å². The molecule has 2 rings (SSSR count). The van der Waals surface area contributed by atoms with Gasteiger partial charge in [-0.25, -0.2) is 4.79 Å². The average molecular weight is 292 g/mol. The van der Waals surface area contributed by atoms with Crippen LogP contribution in [0.4, 0.5) is 4.79 Å². The van der Waals surface area contributed by atoms with E-state index in [1.165, 1.54) is 0 Å². The number of alkyl carbamates (subject to hydrolysis) is 1. The van der Waals surface area contributed by atoms with Gasteiger partial charge in [0.1, 0.15) is 6.61 Å². The number of rotatable bonds is 6. The highest BCUT2D eigenvalue weighted by Crippen LogP contribution is 2.25. The van der Waals surface area contributed by atoms with Gasteiger partial charge in [0, 0.05) is 19.0 Å². The Kier molecular flexibility index (Phi) is 4.80. The van der Waals surface area contributed by atoms with Crippen LogP contribution in [-0.4, -0.2) is 35.8 Å². The van der Waals surface area contributed by atoms with Gasteiger partial charge in [0.2, 0.25) is 0 Å². The molecule has 3 N–H and O–H groups in total. The first-order chi connectivity index (χ1) is 9.99. The van der Waals surface area contributed by atoms with Gasteiger partial charge in [-0.2, -0.15) is 0 Å². The molecule has 1 aromatic carbocycles. The zero-order valence-electron chi connectivity index (χ0n) is 12.0. The summed E-state index contributed by atoms with van der Waals surface area (Å²) in [6, 6.07) is 9.34. The van der Waals surface area contributed by atoms with Crippen LogP contribution < -0.4 is 10.6 Å². The number of hydrogen-bond acceptors (Lipinski definition) is 4. The van der Waals surface area contributed by atoms with E-state index in [4.69, 9.17) is 9.84 Å². The van der Waals surface area contributed by atoms with Gasteiger partial charge in [-0.15, -0.1) is 0 Å². The number of hydrogen-bond donors (Lipinski definition) is 3. The quantitative estimate of drug-likeness (QED) is 0.737. The first kappa shape index (κ1) is 15.3.